The first-order valence-electron chi connectivity index (χ1n) is 10.3. The van der Waals surface area contributed by atoms with Crippen LogP contribution in [-0.2, 0) is 4.79 Å². The number of halogens is 1. The standard InChI is InChI=1S/C25H22ClN3O3S/c1-15-11-12-22(32-3)21(13-15)27-23(30)16(2)33-25-28-20-10-5-4-9-19(20)24(31)29(25)18-8-6-7-17(26)14-18/h4-14,16H,1-3H3,(H,27,30). The van der Waals surface area contributed by atoms with Crippen molar-refractivity contribution in [3.63, 3.8) is 0 Å². The Morgan fingerprint density at radius 3 is 2.67 bits per heavy atom. The van der Waals surface area contributed by atoms with Crippen molar-refractivity contribution in [3.8, 4) is 11.4 Å². The molecule has 0 bridgehead atoms. The van der Waals surface area contributed by atoms with E-state index in [9.17, 15) is 9.59 Å². The Morgan fingerprint density at radius 2 is 1.91 bits per heavy atom. The minimum Gasteiger partial charge on any atom is -0.495 e. The van der Waals surface area contributed by atoms with Crippen LogP contribution in [0.1, 0.15) is 12.5 Å². The van der Waals surface area contributed by atoms with Crippen LogP contribution in [0.3, 0.4) is 0 Å². The van der Waals surface area contributed by atoms with Crippen LogP contribution in [0.25, 0.3) is 16.6 Å². The van der Waals surface area contributed by atoms with E-state index in [0.29, 0.717) is 38.2 Å². The molecule has 1 atom stereocenters. The molecule has 1 aromatic heterocycles. The Labute approximate surface area is 200 Å². The fourth-order valence-electron chi connectivity index (χ4n) is 3.40. The van der Waals surface area contributed by atoms with Gasteiger partial charge in [-0.3, -0.25) is 14.2 Å². The predicted octanol–water partition coefficient (Wildman–Crippen LogP) is 5.48. The fraction of sp³-hybridized carbons (Fsp3) is 0.160. The number of ether oxygens (including phenoxy) is 1. The van der Waals surface area contributed by atoms with Crippen LogP contribution < -0.4 is 15.6 Å². The molecule has 4 aromatic rings. The predicted molar refractivity (Wildman–Crippen MR) is 134 cm³/mol. The third kappa shape index (κ3) is 4.89. The second-order valence-electron chi connectivity index (χ2n) is 7.49. The second kappa shape index (κ2) is 9.68. The van der Waals surface area contributed by atoms with E-state index in [4.69, 9.17) is 21.3 Å². The van der Waals surface area contributed by atoms with Gasteiger partial charge in [-0.15, -0.1) is 0 Å². The van der Waals surface area contributed by atoms with E-state index >= 15 is 0 Å². The summed E-state index contributed by atoms with van der Waals surface area (Å²) in [5, 5.41) is 3.77. The number of anilines is 1. The van der Waals surface area contributed by atoms with E-state index in [0.717, 1.165) is 5.56 Å². The summed E-state index contributed by atoms with van der Waals surface area (Å²) in [6, 6.07) is 19.7. The molecule has 1 heterocycles. The Kier molecular flexibility index (Phi) is 6.72. The molecular formula is C25H22ClN3O3S. The summed E-state index contributed by atoms with van der Waals surface area (Å²) in [5.41, 5.74) is 2.52. The number of carbonyl (C=O) groups is 1. The number of aryl methyl sites for hydroxylation is 1. The van der Waals surface area contributed by atoms with E-state index < -0.39 is 5.25 Å². The van der Waals surface area contributed by atoms with Crippen molar-refractivity contribution in [1.82, 2.24) is 9.55 Å². The van der Waals surface area contributed by atoms with E-state index in [2.05, 4.69) is 5.32 Å². The molecule has 3 aromatic carbocycles. The number of fused-ring (bicyclic) bond motifs is 1. The number of rotatable bonds is 6. The summed E-state index contributed by atoms with van der Waals surface area (Å²) >= 11 is 7.39. The first kappa shape index (κ1) is 22.9. The summed E-state index contributed by atoms with van der Waals surface area (Å²) in [6.45, 7) is 3.71. The highest BCUT2D eigenvalue weighted by Crippen LogP contribution is 2.29. The molecule has 168 valence electrons. The number of amides is 1. The van der Waals surface area contributed by atoms with E-state index in [1.807, 2.05) is 31.2 Å². The first-order chi connectivity index (χ1) is 15.9. The summed E-state index contributed by atoms with van der Waals surface area (Å²) in [4.78, 5) is 31.1. The van der Waals surface area contributed by atoms with Gasteiger partial charge in [0.05, 0.1) is 34.6 Å². The molecule has 0 saturated carbocycles. The van der Waals surface area contributed by atoms with E-state index in [1.54, 1.807) is 56.5 Å². The van der Waals surface area contributed by atoms with E-state index in [1.165, 1.54) is 16.3 Å². The van der Waals surface area contributed by atoms with Crippen LogP contribution in [0, 0.1) is 6.92 Å². The molecule has 0 saturated heterocycles. The highest BCUT2D eigenvalue weighted by atomic mass is 35.5. The molecule has 0 aliphatic carbocycles. The maximum absolute atomic E-state index is 13.4. The van der Waals surface area contributed by atoms with Gasteiger partial charge in [-0.2, -0.15) is 0 Å². The molecule has 0 fully saturated rings. The van der Waals surface area contributed by atoms with Crippen LogP contribution in [0.4, 0.5) is 5.69 Å². The summed E-state index contributed by atoms with van der Waals surface area (Å²) < 4.78 is 6.86. The zero-order valence-electron chi connectivity index (χ0n) is 18.3. The van der Waals surface area contributed by atoms with Crippen LogP contribution in [0.5, 0.6) is 5.75 Å². The molecule has 1 unspecified atom stereocenters. The van der Waals surface area contributed by atoms with Crippen LogP contribution in [-0.4, -0.2) is 27.8 Å². The summed E-state index contributed by atoms with van der Waals surface area (Å²) in [6.07, 6.45) is 0. The molecule has 33 heavy (non-hydrogen) atoms. The molecule has 8 heteroatoms. The summed E-state index contributed by atoms with van der Waals surface area (Å²) in [5.74, 6) is 0.342. The van der Waals surface area contributed by atoms with Gasteiger partial charge in [-0.1, -0.05) is 47.6 Å². The number of carbonyl (C=O) groups excluding carboxylic acids is 1. The third-order valence-corrected chi connectivity index (χ3v) is 6.36. The molecule has 4 rings (SSSR count). The number of para-hydroxylation sites is 1. The van der Waals surface area contributed by atoms with Gasteiger partial charge in [-0.25, -0.2) is 4.98 Å². The number of nitrogens with one attached hydrogen (secondary N) is 1. The van der Waals surface area contributed by atoms with Gasteiger partial charge in [0.2, 0.25) is 5.91 Å². The smallest absolute Gasteiger partial charge is 0.266 e. The Balaban J connectivity index is 1.72. The number of aromatic nitrogens is 2. The normalized spacial score (nSPS) is 11.9. The molecule has 0 aliphatic heterocycles. The number of hydrogen-bond donors (Lipinski definition) is 1. The molecule has 1 amide bonds. The van der Waals surface area contributed by atoms with Crippen LogP contribution >= 0.6 is 23.4 Å². The second-order valence-corrected chi connectivity index (χ2v) is 9.23. The van der Waals surface area contributed by atoms with Crippen molar-refractivity contribution in [2.75, 3.05) is 12.4 Å². The van der Waals surface area contributed by atoms with Crippen LogP contribution in [0.15, 0.2) is 76.7 Å². The Bertz CT molecular complexity index is 1400. The molecule has 6 nitrogen and oxygen atoms in total. The van der Waals surface area contributed by atoms with Gasteiger partial charge >= 0.3 is 0 Å². The molecule has 1 N–H and O–H groups in total. The number of nitrogens with zero attached hydrogens (tertiary/aromatic N) is 2. The number of benzene rings is 3. The lowest BCUT2D eigenvalue weighted by Gasteiger charge is -2.17. The zero-order valence-corrected chi connectivity index (χ0v) is 19.9. The molecule has 0 radical (unpaired) electrons. The summed E-state index contributed by atoms with van der Waals surface area (Å²) in [7, 11) is 1.56. The monoisotopic (exact) mass is 479 g/mol. The molecule has 0 aliphatic rings. The molecular weight excluding hydrogens is 458 g/mol. The quantitative estimate of drug-likeness (QED) is 0.293. The van der Waals surface area contributed by atoms with Crippen molar-refractivity contribution < 1.29 is 9.53 Å². The van der Waals surface area contributed by atoms with Gasteiger partial charge in [0.15, 0.2) is 5.16 Å². The highest BCUT2D eigenvalue weighted by Gasteiger charge is 2.21. The highest BCUT2D eigenvalue weighted by molar-refractivity contribution is 8.00. The van der Waals surface area contributed by atoms with Crippen molar-refractivity contribution in [2.24, 2.45) is 0 Å². The lowest BCUT2D eigenvalue weighted by atomic mass is 10.2. The Hall–Kier alpha value is -3.29. The van der Waals surface area contributed by atoms with Crippen molar-refractivity contribution in [2.45, 2.75) is 24.3 Å². The zero-order chi connectivity index (χ0) is 23.5. The van der Waals surface area contributed by atoms with E-state index in [-0.39, 0.29) is 11.5 Å². The maximum atomic E-state index is 13.4. The topological polar surface area (TPSA) is 73.2 Å². The number of hydrogen-bond acceptors (Lipinski definition) is 5. The lowest BCUT2D eigenvalue weighted by molar-refractivity contribution is -0.115. The minimum absolute atomic E-state index is 0.224. The van der Waals surface area contributed by atoms with Crippen molar-refractivity contribution in [3.05, 3.63) is 87.7 Å². The average molecular weight is 480 g/mol. The van der Waals surface area contributed by atoms with Gasteiger partial charge in [0.1, 0.15) is 5.75 Å². The fourth-order valence-corrected chi connectivity index (χ4v) is 4.51. The average Bonchev–Trinajstić information content (AvgIpc) is 2.79. The minimum atomic E-state index is -0.547. The molecule has 0 spiro atoms. The van der Waals surface area contributed by atoms with Crippen molar-refractivity contribution in [1.29, 1.82) is 0 Å². The van der Waals surface area contributed by atoms with Gasteiger partial charge in [0, 0.05) is 5.02 Å². The van der Waals surface area contributed by atoms with Crippen LogP contribution in [0.2, 0.25) is 5.02 Å². The van der Waals surface area contributed by atoms with Gasteiger partial charge < -0.3 is 10.1 Å². The van der Waals surface area contributed by atoms with Gasteiger partial charge in [-0.05, 0) is 61.9 Å². The maximum Gasteiger partial charge on any atom is 0.266 e. The van der Waals surface area contributed by atoms with Crippen molar-refractivity contribution >= 4 is 45.9 Å². The lowest BCUT2D eigenvalue weighted by Crippen LogP contribution is -2.26. The largest absolute Gasteiger partial charge is 0.495 e. The van der Waals surface area contributed by atoms with Gasteiger partial charge in [0.25, 0.3) is 5.56 Å². The third-order valence-electron chi connectivity index (χ3n) is 5.08. The first-order valence-corrected chi connectivity index (χ1v) is 11.5. The SMILES string of the molecule is COc1ccc(C)cc1NC(=O)C(C)Sc1nc2ccccc2c(=O)n1-c1cccc(Cl)c1. The number of methoxy groups -OCH3 is 1. The number of thioether (sulfide) groups is 1. The Morgan fingerprint density at radius 1 is 1.12 bits per heavy atom.